The topological polar surface area (TPSA) is 112 Å². The summed E-state index contributed by atoms with van der Waals surface area (Å²) in [6.45, 7) is 7.68. The molecular weight excluding hydrogens is 428 g/mol. The van der Waals surface area contributed by atoms with Crippen molar-refractivity contribution in [3.63, 3.8) is 0 Å². The summed E-state index contributed by atoms with van der Waals surface area (Å²) < 4.78 is 4.94. The number of ether oxygens (including phenoxy) is 1. The largest absolute Gasteiger partial charge is 0.384 e. The molecule has 2 fully saturated rings. The van der Waals surface area contributed by atoms with Gasteiger partial charge in [0.2, 0.25) is 5.91 Å². The van der Waals surface area contributed by atoms with Crippen molar-refractivity contribution in [3.05, 3.63) is 53.2 Å². The maximum absolute atomic E-state index is 11.2. The number of aryl methyl sites for hydroxylation is 1. The van der Waals surface area contributed by atoms with Crippen LogP contribution in [0.2, 0.25) is 0 Å². The van der Waals surface area contributed by atoms with Crippen LogP contribution >= 0.6 is 0 Å². The number of hydrogen-bond acceptors (Lipinski definition) is 6. The highest BCUT2D eigenvalue weighted by Crippen LogP contribution is 2.44. The van der Waals surface area contributed by atoms with Crippen molar-refractivity contribution >= 4 is 23.7 Å². The molecule has 5 rings (SSSR count). The summed E-state index contributed by atoms with van der Waals surface area (Å²) in [5.41, 5.74) is 14.8. The number of nitrogens with zero attached hydrogens (tertiary/aromatic N) is 2. The van der Waals surface area contributed by atoms with Gasteiger partial charge in [-0.1, -0.05) is 13.0 Å². The molecule has 1 aromatic heterocycles. The van der Waals surface area contributed by atoms with Crippen molar-refractivity contribution in [3.8, 4) is 0 Å². The monoisotopic (exact) mass is 468 g/mol. The zero-order chi connectivity index (χ0) is 25.1. The standard InChI is InChI=1S/C15H20N2O.C6H8N2.C4H8O.C2H4O/c1-9-7-12-8-11(15(16)18)5-6-13(12)17(2)14(9)10-3-4-10;1-5-3-2-4-6(7)8-5;1-2-4-5-3-1;1-2-3/h5-6,8-10,14H,3-4,7H2,1-2H3,(H2,16,18);2-4H,1H3,(H2,7,8);1-4H2;2H,1H3/t9?,14-;;;/m1.../s1. The predicted octanol–water partition coefficient (Wildman–Crippen LogP) is 4.17. The number of carbonyl (C=O) groups is 2. The van der Waals surface area contributed by atoms with Gasteiger partial charge in [0.25, 0.3) is 0 Å². The van der Waals surface area contributed by atoms with E-state index in [-0.39, 0.29) is 5.91 Å². The Balaban J connectivity index is 0.000000209. The van der Waals surface area contributed by atoms with Crippen molar-refractivity contribution in [1.29, 1.82) is 0 Å². The number of aldehydes is 1. The highest BCUT2D eigenvalue weighted by Gasteiger charge is 2.40. The molecule has 0 radical (unpaired) electrons. The molecule has 34 heavy (non-hydrogen) atoms. The van der Waals surface area contributed by atoms with Crippen LogP contribution in [-0.2, 0) is 16.0 Å². The van der Waals surface area contributed by atoms with E-state index in [0.717, 1.165) is 37.5 Å². The zero-order valence-electron chi connectivity index (χ0n) is 21.0. The molecule has 7 heteroatoms. The number of benzene rings is 1. The number of carbonyl (C=O) groups excluding carboxylic acids is 2. The molecule has 1 amide bonds. The van der Waals surface area contributed by atoms with Crippen LogP contribution in [0.3, 0.4) is 0 Å². The van der Waals surface area contributed by atoms with Crippen LogP contribution in [0, 0.1) is 18.8 Å². The number of pyridine rings is 1. The molecule has 0 spiro atoms. The number of hydrogen-bond donors (Lipinski definition) is 2. The maximum Gasteiger partial charge on any atom is 0.248 e. The molecule has 4 N–H and O–H groups in total. The van der Waals surface area contributed by atoms with Gasteiger partial charge in [-0.25, -0.2) is 4.98 Å². The van der Waals surface area contributed by atoms with E-state index < -0.39 is 0 Å². The van der Waals surface area contributed by atoms with Crippen molar-refractivity contribution in [2.45, 2.75) is 58.9 Å². The van der Waals surface area contributed by atoms with Gasteiger partial charge in [-0.3, -0.25) is 4.79 Å². The van der Waals surface area contributed by atoms with Gasteiger partial charge in [0.05, 0.1) is 0 Å². The number of primary amides is 1. The second-order valence-corrected chi connectivity index (χ2v) is 9.09. The molecule has 1 saturated heterocycles. The Morgan fingerprint density at radius 2 is 1.82 bits per heavy atom. The van der Waals surface area contributed by atoms with Gasteiger partial charge >= 0.3 is 0 Å². The van der Waals surface area contributed by atoms with E-state index in [0.29, 0.717) is 23.3 Å². The molecule has 3 heterocycles. The summed E-state index contributed by atoms with van der Waals surface area (Å²) in [6, 6.07) is 12.1. The lowest BCUT2D eigenvalue weighted by Gasteiger charge is -2.41. The van der Waals surface area contributed by atoms with Crippen molar-refractivity contribution in [2.24, 2.45) is 17.6 Å². The van der Waals surface area contributed by atoms with Gasteiger partial charge in [0.1, 0.15) is 12.1 Å². The zero-order valence-corrected chi connectivity index (χ0v) is 21.0. The molecule has 0 bridgehead atoms. The highest BCUT2D eigenvalue weighted by molar-refractivity contribution is 5.93. The number of nitrogens with two attached hydrogens (primary N) is 2. The quantitative estimate of drug-likeness (QED) is 0.640. The summed E-state index contributed by atoms with van der Waals surface area (Å²) in [5, 5.41) is 0. The van der Waals surface area contributed by atoms with Crippen LogP contribution < -0.4 is 16.4 Å². The Hall–Kier alpha value is -2.93. The lowest BCUT2D eigenvalue weighted by atomic mass is 9.84. The predicted molar refractivity (Wildman–Crippen MR) is 138 cm³/mol. The third kappa shape index (κ3) is 8.45. The number of aromatic nitrogens is 1. The molecule has 3 aliphatic rings. The first-order valence-electron chi connectivity index (χ1n) is 12.1. The minimum absolute atomic E-state index is 0.336. The molecular formula is C27H40N4O3. The van der Waals surface area contributed by atoms with Gasteiger partial charge in [0.15, 0.2) is 0 Å². The first kappa shape index (κ1) is 27.3. The van der Waals surface area contributed by atoms with E-state index in [1.54, 1.807) is 6.07 Å². The number of nitrogen functional groups attached to an aromatic ring is 1. The summed E-state index contributed by atoms with van der Waals surface area (Å²) in [4.78, 5) is 26.4. The molecule has 1 aromatic carbocycles. The summed E-state index contributed by atoms with van der Waals surface area (Å²) in [7, 11) is 2.18. The van der Waals surface area contributed by atoms with Gasteiger partial charge in [-0.15, -0.1) is 0 Å². The summed E-state index contributed by atoms with van der Waals surface area (Å²) >= 11 is 0. The van der Waals surface area contributed by atoms with Crippen LogP contribution in [0.4, 0.5) is 11.5 Å². The molecule has 1 unspecified atom stereocenters. The molecule has 1 saturated carbocycles. The maximum atomic E-state index is 11.2. The second kappa shape index (κ2) is 13.7. The van der Waals surface area contributed by atoms with Crippen LogP contribution in [0.5, 0.6) is 0 Å². The first-order chi connectivity index (χ1) is 16.3. The Morgan fingerprint density at radius 3 is 2.26 bits per heavy atom. The van der Waals surface area contributed by atoms with Crippen LogP contribution in [-0.4, -0.2) is 43.5 Å². The SMILES string of the molecule is C1CCOC1.CC1Cc2cc(C(N)=O)ccc2N(C)[C@H]1C1CC1.CC=O.Cc1cccc(N)n1. The summed E-state index contributed by atoms with van der Waals surface area (Å²) in [6.07, 6.45) is 7.10. The number of fused-ring (bicyclic) bond motifs is 1. The molecule has 2 aliphatic heterocycles. The van der Waals surface area contributed by atoms with E-state index in [2.05, 4.69) is 29.9 Å². The Bertz CT molecular complexity index is 901. The molecule has 2 atom stereocenters. The van der Waals surface area contributed by atoms with E-state index in [4.69, 9.17) is 21.0 Å². The Kier molecular flexibility index (Phi) is 11.0. The number of rotatable bonds is 2. The van der Waals surface area contributed by atoms with Crippen molar-refractivity contribution in [2.75, 3.05) is 30.9 Å². The van der Waals surface area contributed by atoms with Crippen molar-refractivity contribution in [1.82, 2.24) is 4.98 Å². The van der Waals surface area contributed by atoms with Crippen molar-refractivity contribution < 1.29 is 14.3 Å². The molecule has 2 aromatic rings. The minimum atomic E-state index is -0.336. The third-order valence-corrected chi connectivity index (χ3v) is 6.16. The van der Waals surface area contributed by atoms with Crippen LogP contribution in [0.25, 0.3) is 0 Å². The van der Waals surface area contributed by atoms with Crippen LogP contribution in [0.1, 0.15) is 61.1 Å². The highest BCUT2D eigenvalue weighted by atomic mass is 16.5. The number of amides is 1. The normalized spacial score (nSPS) is 20.3. The molecule has 1 aliphatic carbocycles. The van der Waals surface area contributed by atoms with E-state index in [9.17, 15) is 4.79 Å². The van der Waals surface area contributed by atoms with Crippen LogP contribution in [0.15, 0.2) is 36.4 Å². The lowest BCUT2D eigenvalue weighted by Crippen LogP contribution is -2.43. The molecule has 7 nitrogen and oxygen atoms in total. The van der Waals surface area contributed by atoms with Gasteiger partial charge in [-0.2, -0.15) is 0 Å². The Morgan fingerprint density at radius 1 is 1.18 bits per heavy atom. The Labute approximate surface area is 203 Å². The fourth-order valence-corrected chi connectivity index (χ4v) is 4.55. The molecule has 186 valence electrons. The third-order valence-electron chi connectivity index (χ3n) is 6.16. The first-order valence-corrected chi connectivity index (χ1v) is 12.1. The smallest absolute Gasteiger partial charge is 0.248 e. The van der Waals surface area contributed by atoms with Gasteiger partial charge in [-0.05, 0) is 93.7 Å². The van der Waals surface area contributed by atoms with E-state index in [1.807, 2.05) is 31.2 Å². The fourth-order valence-electron chi connectivity index (χ4n) is 4.55. The summed E-state index contributed by atoms with van der Waals surface area (Å²) in [5.74, 6) is 1.77. The minimum Gasteiger partial charge on any atom is -0.384 e. The number of anilines is 2. The van der Waals surface area contributed by atoms with Gasteiger partial charge in [0, 0.05) is 43.2 Å². The van der Waals surface area contributed by atoms with Gasteiger partial charge < -0.3 is 25.9 Å². The average Bonchev–Trinajstić information content (AvgIpc) is 3.42. The van der Waals surface area contributed by atoms with E-state index >= 15 is 0 Å². The lowest BCUT2D eigenvalue weighted by molar-refractivity contribution is -0.106. The average molecular weight is 469 g/mol. The fraction of sp³-hybridized carbons (Fsp3) is 0.519. The second-order valence-electron chi connectivity index (χ2n) is 9.09. The van der Waals surface area contributed by atoms with E-state index in [1.165, 1.54) is 43.9 Å².